The third kappa shape index (κ3) is 6.63. The predicted octanol–water partition coefficient (Wildman–Crippen LogP) is 3.42. The van der Waals surface area contributed by atoms with Crippen LogP contribution < -0.4 is 4.90 Å². The molecule has 5 nitrogen and oxygen atoms in total. The Balaban J connectivity index is 0.000000380. The van der Waals surface area contributed by atoms with Crippen molar-refractivity contribution in [2.24, 2.45) is 0 Å². The van der Waals surface area contributed by atoms with Crippen LogP contribution in [0.5, 0.6) is 0 Å². The van der Waals surface area contributed by atoms with Gasteiger partial charge in [-0.1, -0.05) is 6.07 Å². The maximum absolute atomic E-state index is 10.4. The number of hydrogen-bond acceptors (Lipinski definition) is 5. The number of anilines is 1. The highest BCUT2D eigenvalue weighted by atomic mass is 19.4. The summed E-state index contributed by atoms with van der Waals surface area (Å²) in [5.74, 6) is 1.08. The van der Waals surface area contributed by atoms with Crippen LogP contribution in [0.25, 0.3) is 11.1 Å². The largest absolute Gasteiger partial charge is 0.446 e. The number of halogens is 3. The van der Waals surface area contributed by atoms with Crippen molar-refractivity contribution in [2.75, 3.05) is 31.1 Å². The molecule has 1 aliphatic rings. The molecule has 2 aromatic rings. The summed E-state index contributed by atoms with van der Waals surface area (Å²) in [6, 6.07) is 8.90. The maximum Gasteiger partial charge on any atom is 0.446 e. The fraction of sp³-hybridized carbons (Fsp3) is 0.421. The van der Waals surface area contributed by atoms with Crippen molar-refractivity contribution in [1.29, 1.82) is 0 Å². The van der Waals surface area contributed by atoms with E-state index < -0.39 is 12.5 Å². The van der Waals surface area contributed by atoms with Crippen LogP contribution in [-0.2, 0) is 4.79 Å². The molecule has 0 aromatic carbocycles. The molecule has 2 aromatic heterocycles. The van der Waals surface area contributed by atoms with Crippen molar-refractivity contribution in [2.45, 2.75) is 26.1 Å². The van der Waals surface area contributed by atoms with Crippen molar-refractivity contribution in [1.82, 2.24) is 14.9 Å². The Hall–Kier alpha value is -2.48. The number of carbonyl (C=O) groups excluding carboxylic acids is 1. The smallest absolute Gasteiger partial charge is 0.354 e. The van der Waals surface area contributed by atoms with Gasteiger partial charge in [0.05, 0.1) is 0 Å². The number of piperazine rings is 1. The molecule has 0 spiro atoms. The fourth-order valence-corrected chi connectivity index (χ4v) is 2.74. The number of aromatic nitrogens is 2. The molecule has 27 heavy (non-hydrogen) atoms. The first kappa shape index (κ1) is 20.8. The molecule has 0 bridgehead atoms. The summed E-state index contributed by atoms with van der Waals surface area (Å²) < 4.78 is 31.2. The SMILES string of the molecule is CC(C)N1CCN(c2ccc(-c3cccnc3)cn2)CC1.O=CC(F)(F)F. The first-order valence-corrected chi connectivity index (χ1v) is 8.68. The number of pyridine rings is 2. The number of alkyl halides is 3. The van der Waals surface area contributed by atoms with Crippen molar-refractivity contribution in [3.05, 3.63) is 42.9 Å². The minimum Gasteiger partial charge on any atom is -0.354 e. The van der Waals surface area contributed by atoms with Gasteiger partial charge in [-0.2, -0.15) is 13.2 Å². The van der Waals surface area contributed by atoms with Crippen molar-refractivity contribution in [3.8, 4) is 11.1 Å². The summed E-state index contributed by atoms with van der Waals surface area (Å²) in [4.78, 5) is 22.4. The maximum atomic E-state index is 10.4. The van der Waals surface area contributed by atoms with Crippen LogP contribution in [0.4, 0.5) is 19.0 Å². The van der Waals surface area contributed by atoms with Gasteiger partial charge in [-0.15, -0.1) is 0 Å². The lowest BCUT2D eigenvalue weighted by Crippen LogP contribution is -2.49. The first-order chi connectivity index (χ1) is 12.8. The number of rotatable bonds is 3. The summed E-state index contributed by atoms with van der Waals surface area (Å²) in [6.07, 6.45) is -0.0915. The summed E-state index contributed by atoms with van der Waals surface area (Å²) in [6.45, 7) is 8.86. The van der Waals surface area contributed by atoms with Crippen LogP contribution in [-0.4, -0.2) is 59.6 Å². The van der Waals surface area contributed by atoms with E-state index >= 15 is 0 Å². The molecule has 8 heteroatoms. The zero-order chi connectivity index (χ0) is 19.9. The summed E-state index contributed by atoms with van der Waals surface area (Å²) >= 11 is 0. The number of carbonyl (C=O) groups is 1. The minimum absolute atomic E-state index is 0.632. The average molecular weight is 380 g/mol. The van der Waals surface area contributed by atoms with Gasteiger partial charge >= 0.3 is 6.18 Å². The van der Waals surface area contributed by atoms with Crippen LogP contribution in [0.15, 0.2) is 42.9 Å². The Morgan fingerprint density at radius 2 is 1.67 bits per heavy atom. The number of hydrogen-bond donors (Lipinski definition) is 0. The third-order valence-electron chi connectivity index (χ3n) is 4.24. The Labute approximate surface area is 156 Å². The average Bonchev–Trinajstić information content (AvgIpc) is 2.69. The monoisotopic (exact) mass is 380 g/mol. The molecule has 0 N–H and O–H groups in total. The molecule has 1 aliphatic heterocycles. The highest BCUT2D eigenvalue weighted by Gasteiger charge is 2.25. The summed E-state index contributed by atoms with van der Waals surface area (Å²) in [5, 5.41) is 0. The summed E-state index contributed by atoms with van der Waals surface area (Å²) in [5.41, 5.74) is 2.23. The minimum atomic E-state index is -4.64. The van der Waals surface area contributed by atoms with E-state index in [1.165, 1.54) is 0 Å². The van der Waals surface area contributed by atoms with Gasteiger partial charge < -0.3 is 4.90 Å². The second-order valence-corrected chi connectivity index (χ2v) is 6.42. The van der Waals surface area contributed by atoms with Crippen LogP contribution >= 0.6 is 0 Å². The van der Waals surface area contributed by atoms with Gasteiger partial charge in [-0.05, 0) is 32.0 Å². The van der Waals surface area contributed by atoms with Crippen LogP contribution in [0.2, 0.25) is 0 Å². The lowest BCUT2D eigenvalue weighted by Gasteiger charge is -2.37. The molecule has 0 aliphatic carbocycles. The summed E-state index contributed by atoms with van der Waals surface area (Å²) in [7, 11) is 0. The zero-order valence-electron chi connectivity index (χ0n) is 15.4. The molecule has 0 radical (unpaired) electrons. The molecule has 0 unspecified atom stereocenters. The molecular weight excluding hydrogens is 357 g/mol. The van der Waals surface area contributed by atoms with Gasteiger partial charge in [0, 0.05) is 61.9 Å². The van der Waals surface area contributed by atoms with Gasteiger partial charge in [0.2, 0.25) is 6.29 Å². The number of nitrogens with zero attached hydrogens (tertiary/aromatic N) is 4. The van der Waals surface area contributed by atoms with Crippen molar-refractivity contribution in [3.63, 3.8) is 0 Å². The van der Waals surface area contributed by atoms with E-state index in [0.29, 0.717) is 6.04 Å². The van der Waals surface area contributed by atoms with Crippen LogP contribution in [0.1, 0.15) is 13.8 Å². The van der Waals surface area contributed by atoms with E-state index in [-0.39, 0.29) is 0 Å². The molecule has 1 saturated heterocycles. The van der Waals surface area contributed by atoms with E-state index in [1.54, 1.807) is 6.20 Å². The van der Waals surface area contributed by atoms with Crippen molar-refractivity contribution >= 4 is 12.1 Å². The van der Waals surface area contributed by atoms with Gasteiger partial charge in [-0.25, -0.2) is 4.98 Å². The Bertz CT molecular complexity index is 697. The van der Waals surface area contributed by atoms with Gasteiger partial charge in [0.1, 0.15) is 5.82 Å². The van der Waals surface area contributed by atoms with Crippen LogP contribution in [0.3, 0.4) is 0 Å². The van der Waals surface area contributed by atoms with Crippen molar-refractivity contribution < 1.29 is 18.0 Å². The molecule has 3 heterocycles. The topological polar surface area (TPSA) is 49.3 Å². The van der Waals surface area contributed by atoms with E-state index in [4.69, 9.17) is 4.79 Å². The van der Waals surface area contributed by atoms with Crippen LogP contribution in [0, 0.1) is 0 Å². The fourth-order valence-electron chi connectivity index (χ4n) is 2.74. The lowest BCUT2D eigenvalue weighted by atomic mass is 10.1. The quantitative estimate of drug-likeness (QED) is 0.764. The second kappa shape index (κ2) is 9.45. The second-order valence-electron chi connectivity index (χ2n) is 6.42. The lowest BCUT2D eigenvalue weighted by molar-refractivity contribution is -0.156. The Kier molecular flexibility index (Phi) is 7.29. The molecule has 1 fully saturated rings. The highest BCUT2D eigenvalue weighted by molar-refractivity contribution is 5.62. The van der Waals surface area contributed by atoms with Gasteiger partial charge in [-0.3, -0.25) is 14.7 Å². The molecule has 0 amide bonds. The molecular formula is C19H23F3N4O. The molecule has 0 saturated carbocycles. The van der Waals surface area contributed by atoms with E-state index in [0.717, 1.165) is 43.1 Å². The zero-order valence-corrected chi connectivity index (χ0v) is 15.4. The molecule has 146 valence electrons. The Morgan fingerprint density at radius 3 is 2.11 bits per heavy atom. The molecule has 3 rings (SSSR count). The number of aldehydes is 1. The van der Waals surface area contributed by atoms with Gasteiger partial charge in [0.25, 0.3) is 0 Å². The van der Waals surface area contributed by atoms with E-state index in [9.17, 15) is 13.2 Å². The highest BCUT2D eigenvalue weighted by Crippen LogP contribution is 2.21. The first-order valence-electron chi connectivity index (χ1n) is 8.68. The van der Waals surface area contributed by atoms with E-state index in [2.05, 4.69) is 51.8 Å². The molecule has 0 atom stereocenters. The third-order valence-corrected chi connectivity index (χ3v) is 4.24. The normalized spacial score (nSPS) is 15.3. The van der Waals surface area contributed by atoms with Gasteiger partial charge in [0.15, 0.2) is 0 Å². The predicted molar refractivity (Wildman–Crippen MR) is 98.5 cm³/mol. The van der Waals surface area contributed by atoms with E-state index in [1.807, 2.05) is 18.5 Å². The Morgan fingerprint density at radius 1 is 1.04 bits per heavy atom. The standard InChI is InChI=1S/C17H22N4.C2HF3O/c1-14(2)20-8-10-21(11-9-20)17-6-5-16(13-19-17)15-4-3-7-18-12-15;3-2(4,5)1-6/h3-7,12-14H,8-11H2,1-2H3;1H.